The topological polar surface area (TPSA) is 166 Å². The van der Waals surface area contributed by atoms with Gasteiger partial charge in [-0.05, 0) is 44.9 Å². The Bertz CT molecular complexity index is 634. The first-order valence-electron chi connectivity index (χ1n) is 10.7. The van der Waals surface area contributed by atoms with Crippen LogP contribution in [-0.2, 0) is 23.9 Å². The van der Waals surface area contributed by atoms with Gasteiger partial charge in [0, 0.05) is 6.42 Å². The van der Waals surface area contributed by atoms with Crippen molar-refractivity contribution in [2.24, 2.45) is 28.5 Å². The Morgan fingerprint density at radius 3 is 1.94 bits per heavy atom. The number of ether oxygens (including phenoxy) is 1. The zero-order valence-corrected chi connectivity index (χ0v) is 19.5. The van der Waals surface area contributed by atoms with Gasteiger partial charge < -0.3 is 26.9 Å². The van der Waals surface area contributed by atoms with E-state index in [0.717, 1.165) is 6.21 Å². The number of nitrogens with one attached hydrogen (secondary N) is 2. The molecule has 0 aromatic rings. The summed E-state index contributed by atoms with van der Waals surface area (Å²) in [6, 6.07) is -2.67. The Balaban J connectivity index is 5.36. The number of hydrogen-bond donors (Lipinski definition) is 4. The lowest BCUT2D eigenvalue weighted by molar-refractivity contribution is -0.152. The van der Waals surface area contributed by atoms with Gasteiger partial charge >= 0.3 is 5.97 Å². The normalized spacial score (nSPS) is 14.5. The van der Waals surface area contributed by atoms with Crippen LogP contribution in [0, 0.1) is 11.8 Å². The van der Waals surface area contributed by atoms with E-state index in [-0.39, 0.29) is 30.5 Å². The molecule has 0 aliphatic heterocycles. The number of nitrogens with two attached hydrogens (primary N) is 2. The molecule has 10 heteroatoms. The van der Waals surface area contributed by atoms with Crippen molar-refractivity contribution >= 4 is 29.8 Å². The maximum absolute atomic E-state index is 12.9. The van der Waals surface area contributed by atoms with E-state index in [1.54, 1.807) is 13.8 Å². The predicted molar refractivity (Wildman–Crippen MR) is 119 cm³/mol. The Morgan fingerprint density at radius 2 is 1.45 bits per heavy atom. The predicted octanol–water partition coefficient (Wildman–Crippen LogP) is 0.621. The summed E-state index contributed by atoms with van der Waals surface area (Å²) in [6.45, 7) is 11.1. The number of esters is 1. The average molecular weight is 442 g/mol. The van der Waals surface area contributed by atoms with Gasteiger partial charge in [-0.15, -0.1) is 0 Å². The minimum atomic E-state index is -1.05. The second-order valence-electron chi connectivity index (χ2n) is 8.76. The minimum absolute atomic E-state index is 0.0113. The van der Waals surface area contributed by atoms with E-state index >= 15 is 0 Å². The van der Waals surface area contributed by atoms with E-state index < -0.39 is 42.0 Å². The molecular weight excluding hydrogens is 402 g/mol. The lowest BCUT2D eigenvalue weighted by Gasteiger charge is -2.25. The molecule has 0 unspecified atom stereocenters. The average Bonchev–Trinajstić information content (AvgIpc) is 2.62. The lowest BCUT2D eigenvalue weighted by atomic mass is 10.00. The van der Waals surface area contributed by atoms with E-state index in [1.165, 1.54) is 0 Å². The summed E-state index contributed by atoms with van der Waals surface area (Å²) in [5.74, 6) is 3.28. The summed E-state index contributed by atoms with van der Waals surface area (Å²) < 4.78 is 5.20. The zero-order valence-electron chi connectivity index (χ0n) is 19.5. The molecule has 0 fully saturated rings. The third-order valence-electron chi connectivity index (χ3n) is 4.25. The third-order valence-corrected chi connectivity index (χ3v) is 4.25. The number of ketones is 1. The first kappa shape index (κ1) is 28.5. The quantitative estimate of drug-likeness (QED) is 0.133. The van der Waals surface area contributed by atoms with Crippen molar-refractivity contribution in [1.29, 1.82) is 0 Å². The summed E-state index contributed by atoms with van der Waals surface area (Å²) in [4.78, 5) is 49.5. The van der Waals surface area contributed by atoms with Gasteiger partial charge in [-0.2, -0.15) is 5.10 Å². The number of hydrogen-bond acceptors (Lipinski definition) is 8. The Hall–Kier alpha value is -2.49. The number of carbonyl (C=O) groups is 4. The molecule has 0 spiro atoms. The van der Waals surface area contributed by atoms with E-state index in [2.05, 4.69) is 15.7 Å². The first-order chi connectivity index (χ1) is 14.4. The van der Waals surface area contributed by atoms with Crippen molar-refractivity contribution in [3.63, 3.8) is 0 Å². The smallest absolute Gasteiger partial charge is 0.328 e. The summed E-state index contributed by atoms with van der Waals surface area (Å²) in [5.41, 5.74) is 5.93. The fourth-order valence-corrected chi connectivity index (χ4v) is 2.87. The molecule has 0 heterocycles. The monoisotopic (exact) mass is 441 g/mol. The maximum atomic E-state index is 12.9. The largest absolute Gasteiger partial charge is 0.461 e. The summed E-state index contributed by atoms with van der Waals surface area (Å²) in [5, 5.41) is 8.46. The number of amides is 2. The highest BCUT2D eigenvalue weighted by Crippen LogP contribution is 2.10. The second kappa shape index (κ2) is 14.5. The Labute approximate surface area is 184 Å². The van der Waals surface area contributed by atoms with Gasteiger partial charge in [0.2, 0.25) is 11.8 Å². The molecule has 0 saturated heterocycles. The van der Waals surface area contributed by atoms with Crippen molar-refractivity contribution in [1.82, 2.24) is 10.6 Å². The minimum Gasteiger partial charge on any atom is -0.461 e. The molecule has 0 radical (unpaired) electrons. The van der Waals surface area contributed by atoms with Crippen molar-refractivity contribution < 1.29 is 23.9 Å². The molecule has 0 aromatic carbocycles. The number of carbonyl (C=O) groups excluding carboxylic acids is 4. The molecule has 31 heavy (non-hydrogen) atoms. The van der Waals surface area contributed by atoms with Crippen LogP contribution in [0.5, 0.6) is 0 Å². The van der Waals surface area contributed by atoms with Gasteiger partial charge in [0.25, 0.3) is 0 Å². The van der Waals surface area contributed by atoms with Gasteiger partial charge in [0.05, 0.1) is 18.4 Å². The van der Waals surface area contributed by atoms with Crippen LogP contribution in [0.3, 0.4) is 0 Å². The van der Waals surface area contributed by atoms with Crippen LogP contribution in [0.4, 0.5) is 0 Å². The van der Waals surface area contributed by atoms with Crippen molar-refractivity contribution in [2.75, 3.05) is 0 Å². The molecule has 0 saturated carbocycles. The SMILES string of the molecule is CC(C)C[C@H](NC(=O)[C@@H](N)CC(C)C)C(=O)N[C@@H](CCC(=O)/C=N\N)C(=O)OC(C)C. The van der Waals surface area contributed by atoms with Gasteiger partial charge in [0.15, 0.2) is 5.78 Å². The van der Waals surface area contributed by atoms with Gasteiger partial charge in [-0.25, -0.2) is 4.79 Å². The van der Waals surface area contributed by atoms with Gasteiger partial charge in [-0.1, -0.05) is 27.7 Å². The molecule has 2 amide bonds. The third kappa shape index (κ3) is 12.7. The van der Waals surface area contributed by atoms with Gasteiger partial charge in [-0.3, -0.25) is 14.4 Å². The van der Waals surface area contributed by atoms with Crippen LogP contribution in [0.2, 0.25) is 0 Å². The number of Topliss-reactive ketones (excluding diaryl/α,β-unsaturated/α-hetero) is 1. The van der Waals surface area contributed by atoms with Crippen LogP contribution in [-0.4, -0.2) is 54.0 Å². The van der Waals surface area contributed by atoms with Crippen LogP contribution >= 0.6 is 0 Å². The standard InChI is InChI=1S/C21H39N5O5/c1-12(2)9-16(22)19(28)26-18(10-13(3)4)20(29)25-17(21(30)31-14(5)6)8-7-15(27)11-24-23/h11-14,16-18H,7-10,22-23H2,1-6H3,(H,25,29)(H,26,28)/b24-11-/t16-,17-,18-/m0/s1. The van der Waals surface area contributed by atoms with Gasteiger partial charge in [0.1, 0.15) is 12.1 Å². The molecule has 0 aromatic heterocycles. The number of nitrogens with zero attached hydrogens (tertiary/aromatic N) is 1. The number of hydrazone groups is 1. The highest BCUT2D eigenvalue weighted by atomic mass is 16.5. The van der Waals surface area contributed by atoms with Crippen LogP contribution in [0.1, 0.15) is 67.2 Å². The van der Waals surface area contributed by atoms with Crippen LogP contribution in [0.25, 0.3) is 0 Å². The zero-order chi connectivity index (χ0) is 24.1. The van der Waals surface area contributed by atoms with Crippen molar-refractivity contribution in [2.45, 2.75) is 91.5 Å². The van der Waals surface area contributed by atoms with Crippen molar-refractivity contribution in [3.05, 3.63) is 0 Å². The van der Waals surface area contributed by atoms with Crippen molar-refractivity contribution in [3.8, 4) is 0 Å². The summed E-state index contributed by atoms with van der Waals surface area (Å²) in [6.07, 6.45) is 1.35. The highest BCUT2D eigenvalue weighted by molar-refractivity contribution is 6.27. The van der Waals surface area contributed by atoms with E-state index in [9.17, 15) is 19.2 Å². The molecular formula is C21H39N5O5. The van der Waals surface area contributed by atoms with E-state index in [4.69, 9.17) is 16.3 Å². The molecule has 0 aliphatic rings. The maximum Gasteiger partial charge on any atom is 0.328 e. The first-order valence-corrected chi connectivity index (χ1v) is 10.7. The highest BCUT2D eigenvalue weighted by Gasteiger charge is 2.30. The molecule has 178 valence electrons. The molecule has 0 bridgehead atoms. The van der Waals surface area contributed by atoms with Crippen LogP contribution in [0.15, 0.2) is 5.10 Å². The molecule has 10 nitrogen and oxygen atoms in total. The second-order valence-corrected chi connectivity index (χ2v) is 8.76. The van der Waals surface area contributed by atoms with Crippen LogP contribution < -0.4 is 22.2 Å². The molecule has 3 atom stereocenters. The molecule has 6 N–H and O–H groups in total. The Kier molecular flexibility index (Phi) is 13.3. The lowest BCUT2D eigenvalue weighted by Crippen LogP contribution is -2.55. The molecule has 0 rings (SSSR count). The number of rotatable bonds is 14. The fraction of sp³-hybridized carbons (Fsp3) is 0.762. The van der Waals surface area contributed by atoms with E-state index in [0.29, 0.717) is 12.8 Å². The van der Waals surface area contributed by atoms with E-state index in [1.807, 2.05) is 27.7 Å². The summed E-state index contributed by atoms with van der Waals surface area (Å²) >= 11 is 0. The summed E-state index contributed by atoms with van der Waals surface area (Å²) in [7, 11) is 0. The fourth-order valence-electron chi connectivity index (χ4n) is 2.87. The molecule has 0 aliphatic carbocycles. The Morgan fingerprint density at radius 1 is 0.903 bits per heavy atom.